The average Bonchev–Trinajstić information content (AvgIpc) is 3.01. The second kappa shape index (κ2) is 12.2. The highest BCUT2D eigenvalue weighted by molar-refractivity contribution is 6.04. The Hall–Kier alpha value is -4.13. The maximum atomic E-state index is 14.4. The highest BCUT2D eigenvalue weighted by Gasteiger charge is 2.56. The molecule has 7 heteroatoms. The predicted octanol–water partition coefficient (Wildman–Crippen LogP) is 6.83. The van der Waals surface area contributed by atoms with Crippen LogP contribution in [0.2, 0.25) is 0 Å². The molecule has 0 heterocycles. The summed E-state index contributed by atoms with van der Waals surface area (Å²) in [6, 6.07) is 22.6. The number of nitrogens with zero attached hydrogens (tertiary/aromatic N) is 1. The van der Waals surface area contributed by atoms with E-state index in [-0.39, 0.29) is 23.1 Å². The third kappa shape index (κ3) is 5.90. The minimum absolute atomic E-state index is 0.0981. The Balaban J connectivity index is 1.45. The first kappa shape index (κ1) is 30.3. The van der Waals surface area contributed by atoms with Gasteiger partial charge < -0.3 is 20.6 Å². The molecule has 0 unspecified atom stereocenters. The lowest BCUT2D eigenvalue weighted by molar-refractivity contribution is -0.140. The van der Waals surface area contributed by atoms with Crippen molar-refractivity contribution in [3.63, 3.8) is 0 Å². The summed E-state index contributed by atoms with van der Waals surface area (Å²) in [5.74, 6) is 0.523. The molecule has 7 nitrogen and oxygen atoms in total. The zero-order valence-electron chi connectivity index (χ0n) is 25.8. The molecule has 3 N–H and O–H groups in total. The number of hydrogen-bond donors (Lipinski definition) is 3. The summed E-state index contributed by atoms with van der Waals surface area (Å²) in [6.45, 7) is 8.59. The Kier molecular flexibility index (Phi) is 8.63. The lowest BCUT2D eigenvalue weighted by atomic mass is 9.49. The minimum Gasteiger partial charge on any atom is -0.497 e. The van der Waals surface area contributed by atoms with Crippen LogP contribution in [0.5, 0.6) is 5.75 Å². The summed E-state index contributed by atoms with van der Waals surface area (Å²) in [7, 11) is 1.60. The van der Waals surface area contributed by atoms with Crippen LogP contribution in [0.3, 0.4) is 0 Å². The zero-order chi connectivity index (χ0) is 30.8. The van der Waals surface area contributed by atoms with E-state index < -0.39 is 11.5 Å². The monoisotopic (exact) mass is 581 g/mol. The summed E-state index contributed by atoms with van der Waals surface area (Å²) in [6.07, 6.45) is 3.37. The van der Waals surface area contributed by atoms with Gasteiger partial charge in [0, 0.05) is 17.7 Å². The number of benzene rings is 3. The fourth-order valence-electron chi connectivity index (χ4n) is 7.26. The van der Waals surface area contributed by atoms with Crippen LogP contribution in [0.25, 0.3) is 0 Å². The second-order valence-electron chi connectivity index (χ2n) is 12.9. The van der Waals surface area contributed by atoms with Gasteiger partial charge in [-0.3, -0.25) is 9.59 Å². The van der Waals surface area contributed by atoms with Crippen molar-refractivity contribution in [2.75, 3.05) is 12.4 Å². The second-order valence-corrected chi connectivity index (χ2v) is 12.9. The van der Waals surface area contributed by atoms with Crippen LogP contribution < -0.4 is 15.4 Å². The molecule has 0 bridgehead atoms. The van der Waals surface area contributed by atoms with E-state index in [2.05, 4.69) is 54.8 Å². The molecule has 3 aromatic carbocycles. The number of rotatable bonds is 8. The lowest BCUT2D eigenvalue weighted by Crippen LogP contribution is -2.58. The Morgan fingerprint density at radius 1 is 1.02 bits per heavy atom. The van der Waals surface area contributed by atoms with E-state index >= 15 is 0 Å². The maximum Gasteiger partial charge on any atom is 0.247 e. The standard InChI is InChI=1S/C36H43N3O4/c1-23(2)25-12-17-29-28(21-25)30(39-42)22-32-35(29,3)18-9-19-36(32,4)34(41)38-31(20-24-10-7-6-8-11-24)33(40)37-26-13-15-27(43-5)16-14-26/h6-8,10-17,21,23,31-32,42H,9,18-20,22H2,1-5H3,(H,37,40)(H,38,41)/b39-30-/t31-,32+,35+,36+/m0/s1. The van der Waals surface area contributed by atoms with Gasteiger partial charge >= 0.3 is 0 Å². The molecule has 0 radical (unpaired) electrons. The normalized spacial score (nSPS) is 24.5. The summed E-state index contributed by atoms with van der Waals surface area (Å²) in [5.41, 5.74) is 4.48. The van der Waals surface area contributed by atoms with E-state index in [1.54, 1.807) is 31.4 Å². The van der Waals surface area contributed by atoms with Gasteiger partial charge in [-0.1, -0.05) is 81.7 Å². The summed E-state index contributed by atoms with van der Waals surface area (Å²) < 4.78 is 5.24. The third-order valence-electron chi connectivity index (χ3n) is 9.87. The minimum atomic E-state index is -0.780. The Labute approximate surface area is 254 Å². The van der Waals surface area contributed by atoms with Crippen molar-refractivity contribution in [3.8, 4) is 5.75 Å². The predicted molar refractivity (Wildman–Crippen MR) is 170 cm³/mol. The molecule has 1 fully saturated rings. The highest BCUT2D eigenvalue weighted by atomic mass is 16.5. The summed E-state index contributed by atoms with van der Waals surface area (Å²) in [4.78, 5) is 28.1. The van der Waals surface area contributed by atoms with Gasteiger partial charge in [0.1, 0.15) is 11.8 Å². The Morgan fingerprint density at radius 2 is 1.74 bits per heavy atom. The lowest BCUT2D eigenvalue weighted by Gasteiger charge is -2.54. The first-order valence-corrected chi connectivity index (χ1v) is 15.2. The molecule has 4 atom stereocenters. The van der Waals surface area contributed by atoms with E-state index in [9.17, 15) is 14.8 Å². The molecule has 2 aliphatic rings. The third-order valence-corrected chi connectivity index (χ3v) is 9.87. The van der Waals surface area contributed by atoms with E-state index in [0.717, 1.165) is 29.5 Å². The molecule has 0 aromatic heterocycles. The number of fused-ring (bicyclic) bond motifs is 3. The molecule has 2 aliphatic carbocycles. The highest BCUT2D eigenvalue weighted by Crippen LogP contribution is 2.57. The van der Waals surface area contributed by atoms with Gasteiger partial charge in [-0.05, 0) is 83.5 Å². The SMILES string of the molecule is COc1ccc(NC(=O)[C@H](Cc2ccccc2)NC(=O)[C@]2(C)CCC[C@]3(C)c4ccc(C(C)C)cc4/C(=N\O)C[C@@H]23)cc1. The van der Waals surface area contributed by atoms with E-state index in [0.29, 0.717) is 42.3 Å². The quantitative estimate of drug-likeness (QED) is 0.201. The Morgan fingerprint density at radius 3 is 2.40 bits per heavy atom. The number of methoxy groups -OCH3 is 1. The number of amides is 2. The van der Waals surface area contributed by atoms with Crippen molar-refractivity contribution in [2.24, 2.45) is 16.5 Å². The van der Waals surface area contributed by atoms with Crippen molar-refractivity contribution in [2.45, 2.75) is 77.2 Å². The Bertz CT molecular complexity index is 1500. The molecule has 43 heavy (non-hydrogen) atoms. The molecule has 5 rings (SSSR count). The molecule has 0 saturated heterocycles. The summed E-state index contributed by atoms with van der Waals surface area (Å²) >= 11 is 0. The van der Waals surface area contributed by atoms with Gasteiger partial charge in [0.15, 0.2) is 0 Å². The van der Waals surface area contributed by atoms with Crippen LogP contribution in [-0.2, 0) is 21.4 Å². The zero-order valence-corrected chi connectivity index (χ0v) is 25.8. The fraction of sp³-hybridized carbons (Fsp3) is 0.417. The molecular weight excluding hydrogens is 538 g/mol. The molecule has 2 amide bonds. The van der Waals surface area contributed by atoms with Crippen molar-refractivity contribution in [1.82, 2.24) is 5.32 Å². The van der Waals surface area contributed by atoms with E-state index in [1.807, 2.05) is 37.3 Å². The number of carbonyl (C=O) groups is 2. The van der Waals surface area contributed by atoms with Crippen molar-refractivity contribution in [3.05, 3.63) is 95.1 Å². The van der Waals surface area contributed by atoms with Crippen LogP contribution in [0, 0.1) is 11.3 Å². The molecular formula is C36H43N3O4. The first-order valence-electron chi connectivity index (χ1n) is 15.2. The molecule has 3 aromatic rings. The van der Waals surface area contributed by atoms with Crippen LogP contribution in [0.4, 0.5) is 5.69 Å². The number of anilines is 1. The smallest absolute Gasteiger partial charge is 0.247 e. The molecule has 0 aliphatic heterocycles. The van der Waals surface area contributed by atoms with Gasteiger partial charge in [0.25, 0.3) is 0 Å². The average molecular weight is 582 g/mol. The van der Waals surface area contributed by atoms with Crippen LogP contribution >= 0.6 is 0 Å². The van der Waals surface area contributed by atoms with Gasteiger partial charge in [-0.2, -0.15) is 0 Å². The topological polar surface area (TPSA) is 100 Å². The van der Waals surface area contributed by atoms with Crippen molar-refractivity contribution >= 4 is 23.2 Å². The largest absolute Gasteiger partial charge is 0.497 e. The van der Waals surface area contributed by atoms with Gasteiger partial charge in [-0.25, -0.2) is 0 Å². The van der Waals surface area contributed by atoms with E-state index in [1.165, 1.54) is 5.56 Å². The number of ether oxygens (including phenoxy) is 1. The van der Waals surface area contributed by atoms with Crippen molar-refractivity contribution in [1.29, 1.82) is 0 Å². The maximum absolute atomic E-state index is 14.4. The first-order chi connectivity index (χ1) is 20.6. The number of hydrogen-bond acceptors (Lipinski definition) is 5. The van der Waals surface area contributed by atoms with Gasteiger partial charge in [-0.15, -0.1) is 0 Å². The molecule has 226 valence electrons. The number of carbonyl (C=O) groups excluding carboxylic acids is 2. The van der Waals surface area contributed by atoms with Crippen LogP contribution in [0.1, 0.15) is 81.5 Å². The number of nitrogens with one attached hydrogen (secondary N) is 2. The van der Waals surface area contributed by atoms with Crippen molar-refractivity contribution < 1.29 is 19.5 Å². The van der Waals surface area contributed by atoms with Gasteiger partial charge in [0.2, 0.25) is 11.8 Å². The fourth-order valence-corrected chi connectivity index (χ4v) is 7.26. The summed E-state index contributed by atoms with van der Waals surface area (Å²) in [5, 5.41) is 20.0. The van der Waals surface area contributed by atoms with E-state index in [4.69, 9.17) is 4.74 Å². The molecule has 1 saturated carbocycles. The molecule has 0 spiro atoms. The van der Waals surface area contributed by atoms with Gasteiger partial charge in [0.05, 0.1) is 18.2 Å². The number of oxime groups is 1. The van der Waals surface area contributed by atoms with Crippen LogP contribution in [-0.4, -0.2) is 35.9 Å². The van der Waals surface area contributed by atoms with Crippen LogP contribution in [0.15, 0.2) is 78.0 Å².